The molecule has 1 fully saturated rings. The van der Waals surface area contributed by atoms with Crippen LogP contribution in [0.1, 0.15) is 26.3 Å². The van der Waals surface area contributed by atoms with E-state index in [2.05, 4.69) is 21.5 Å². The molecule has 0 radical (unpaired) electrons. The molecule has 4 N–H and O–H groups in total. The average molecular weight is 507 g/mol. The molecule has 1 heterocycles. The van der Waals surface area contributed by atoms with Gasteiger partial charge in [-0.15, -0.1) is 0 Å². The van der Waals surface area contributed by atoms with E-state index in [1.165, 1.54) is 23.6 Å². The van der Waals surface area contributed by atoms with Crippen molar-refractivity contribution in [3.63, 3.8) is 0 Å². The number of hydrazine groups is 1. The number of hydrogen-bond donors (Lipinski definition) is 4. The van der Waals surface area contributed by atoms with Crippen molar-refractivity contribution >= 4 is 29.9 Å². The highest BCUT2D eigenvalue weighted by molar-refractivity contribution is 5.91. The summed E-state index contributed by atoms with van der Waals surface area (Å²) in [6.07, 6.45) is -0.448. The number of piperazine rings is 1. The van der Waals surface area contributed by atoms with E-state index in [0.29, 0.717) is 13.1 Å². The van der Waals surface area contributed by atoms with Crippen molar-refractivity contribution in [2.24, 2.45) is 0 Å². The predicted octanol–water partition coefficient (Wildman–Crippen LogP) is -0.272. The van der Waals surface area contributed by atoms with Gasteiger partial charge in [-0.05, 0) is 26.3 Å². The molecule has 13 nitrogen and oxygen atoms in total. The maximum absolute atomic E-state index is 12.5. The Kier molecular flexibility index (Phi) is 11.4. The molecule has 13 heteroatoms. The van der Waals surface area contributed by atoms with Gasteiger partial charge in [0.2, 0.25) is 5.91 Å². The summed E-state index contributed by atoms with van der Waals surface area (Å²) < 4.78 is 10.0. The lowest BCUT2D eigenvalue weighted by Crippen LogP contribution is -2.57. The first-order valence-electron chi connectivity index (χ1n) is 11.7. The van der Waals surface area contributed by atoms with E-state index in [1.807, 2.05) is 30.3 Å². The Morgan fingerprint density at radius 3 is 2.11 bits per heavy atom. The number of hydrogen-bond acceptors (Lipinski definition) is 8. The van der Waals surface area contributed by atoms with Gasteiger partial charge in [0, 0.05) is 26.2 Å². The summed E-state index contributed by atoms with van der Waals surface area (Å²) in [5, 5.41) is 5.08. The number of nitrogens with one attached hydrogen (secondary N) is 4. The fraction of sp³-hybridized carbons (Fsp3) is 0.522. The highest BCUT2D eigenvalue weighted by Gasteiger charge is 2.27. The van der Waals surface area contributed by atoms with Gasteiger partial charge in [0.1, 0.15) is 25.2 Å². The van der Waals surface area contributed by atoms with Gasteiger partial charge in [0.15, 0.2) is 0 Å². The standard InChI is InChI=1S/C23H34N6O7/c1-4-35-19(30)14-24-27-21(32)17(3)25-20(31)16(2)26-22(33)28-10-12-29(13-11-28)23(34)36-15-18-8-6-5-7-9-18/h5-9,16-17,24H,4,10-15H2,1-3H3,(H,25,31)(H,26,33)(H,27,32)/t16-,17-/m0/s1. The Morgan fingerprint density at radius 1 is 0.861 bits per heavy atom. The smallest absolute Gasteiger partial charge is 0.410 e. The van der Waals surface area contributed by atoms with Crippen molar-refractivity contribution in [1.82, 2.24) is 31.3 Å². The fourth-order valence-corrected chi connectivity index (χ4v) is 3.17. The molecule has 0 unspecified atom stereocenters. The Labute approximate surface area is 209 Å². The summed E-state index contributed by atoms with van der Waals surface area (Å²) in [5.74, 6) is -1.66. The van der Waals surface area contributed by atoms with Crippen molar-refractivity contribution in [1.29, 1.82) is 0 Å². The lowest BCUT2D eigenvalue weighted by molar-refractivity contribution is -0.142. The van der Waals surface area contributed by atoms with Gasteiger partial charge in [-0.2, -0.15) is 0 Å². The van der Waals surface area contributed by atoms with Gasteiger partial charge in [0.05, 0.1) is 6.61 Å². The summed E-state index contributed by atoms with van der Waals surface area (Å²) in [4.78, 5) is 63.5. The summed E-state index contributed by atoms with van der Waals surface area (Å²) in [5.41, 5.74) is 5.60. The number of esters is 1. The Hall–Kier alpha value is -3.87. The molecule has 1 aromatic rings. The van der Waals surface area contributed by atoms with Crippen molar-refractivity contribution in [2.75, 3.05) is 39.3 Å². The first kappa shape index (κ1) is 28.4. The van der Waals surface area contributed by atoms with E-state index in [9.17, 15) is 24.0 Å². The van der Waals surface area contributed by atoms with Crippen LogP contribution in [-0.2, 0) is 30.5 Å². The van der Waals surface area contributed by atoms with Crippen LogP contribution in [0.25, 0.3) is 0 Å². The Bertz CT molecular complexity index is 905. The zero-order valence-corrected chi connectivity index (χ0v) is 20.7. The number of ether oxygens (including phenoxy) is 2. The van der Waals surface area contributed by atoms with Crippen LogP contribution < -0.4 is 21.5 Å². The summed E-state index contributed by atoms with van der Waals surface area (Å²) in [6.45, 7) is 5.97. The molecule has 2 rings (SSSR count). The third kappa shape index (κ3) is 9.41. The number of benzene rings is 1. The maximum atomic E-state index is 12.5. The maximum Gasteiger partial charge on any atom is 0.410 e. The van der Waals surface area contributed by atoms with Crippen LogP contribution in [0.15, 0.2) is 30.3 Å². The average Bonchev–Trinajstić information content (AvgIpc) is 2.87. The molecule has 1 saturated heterocycles. The van der Waals surface area contributed by atoms with Crippen LogP contribution in [0.4, 0.5) is 9.59 Å². The monoisotopic (exact) mass is 506 g/mol. The molecule has 2 atom stereocenters. The largest absolute Gasteiger partial charge is 0.465 e. The molecular weight excluding hydrogens is 472 g/mol. The molecule has 0 aliphatic carbocycles. The summed E-state index contributed by atoms with van der Waals surface area (Å²) in [6, 6.07) is 7.05. The molecule has 0 bridgehead atoms. The topological polar surface area (TPSA) is 158 Å². The number of nitrogens with zero attached hydrogens (tertiary/aromatic N) is 2. The lowest BCUT2D eigenvalue weighted by Gasteiger charge is -2.34. The predicted molar refractivity (Wildman–Crippen MR) is 128 cm³/mol. The van der Waals surface area contributed by atoms with Crippen LogP contribution in [0.2, 0.25) is 0 Å². The van der Waals surface area contributed by atoms with Gasteiger partial charge in [-0.1, -0.05) is 30.3 Å². The number of rotatable bonds is 10. The molecule has 0 saturated carbocycles. The zero-order chi connectivity index (χ0) is 26.5. The molecular formula is C23H34N6O7. The van der Waals surface area contributed by atoms with E-state index in [1.54, 1.807) is 6.92 Å². The highest BCUT2D eigenvalue weighted by Crippen LogP contribution is 2.07. The first-order chi connectivity index (χ1) is 17.2. The van der Waals surface area contributed by atoms with E-state index >= 15 is 0 Å². The van der Waals surface area contributed by atoms with Gasteiger partial charge in [-0.25, -0.2) is 15.0 Å². The molecule has 5 amide bonds. The number of carbonyl (C=O) groups is 5. The van der Waals surface area contributed by atoms with Crippen molar-refractivity contribution in [3.05, 3.63) is 35.9 Å². The Balaban J connectivity index is 1.68. The van der Waals surface area contributed by atoms with E-state index in [4.69, 9.17) is 9.47 Å². The van der Waals surface area contributed by atoms with Gasteiger partial charge < -0.3 is 29.9 Å². The minimum atomic E-state index is -0.919. The first-order valence-corrected chi connectivity index (χ1v) is 11.7. The summed E-state index contributed by atoms with van der Waals surface area (Å²) >= 11 is 0. The molecule has 198 valence electrons. The van der Waals surface area contributed by atoms with Crippen LogP contribution in [0.3, 0.4) is 0 Å². The van der Waals surface area contributed by atoms with Crippen molar-refractivity contribution in [2.45, 2.75) is 39.5 Å². The number of amides is 5. The second-order valence-corrected chi connectivity index (χ2v) is 8.06. The molecule has 0 spiro atoms. The lowest BCUT2D eigenvalue weighted by atomic mass is 10.2. The van der Waals surface area contributed by atoms with E-state index < -0.39 is 42.0 Å². The van der Waals surface area contributed by atoms with E-state index in [-0.39, 0.29) is 32.8 Å². The van der Waals surface area contributed by atoms with Crippen molar-refractivity contribution < 1.29 is 33.4 Å². The Morgan fingerprint density at radius 2 is 1.47 bits per heavy atom. The van der Waals surface area contributed by atoms with Crippen LogP contribution in [0.5, 0.6) is 0 Å². The highest BCUT2D eigenvalue weighted by atomic mass is 16.6. The third-order valence-electron chi connectivity index (χ3n) is 5.27. The van der Waals surface area contributed by atoms with Gasteiger partial charge >= 0.3 is 18.1 Å². The molecule has 0 aromatic heterocycles. The molecule has 1 aliphatic heterocycles. The number of carbonyl (C=O) groups excluding carboxylic acids is 5. The summed E-state index contributed by atoms with van der Waals surface area (Å²) in [7, 11) is 0. The second kappa shape index (κ2) is 14.5. The number of urea groups is 1. The molecule has 36 heavy (non-hydrogen) atoms. The van der Waals surface area contributed by atoms with Crippen LogP contribution in [0, 0.1) is 0 Å². The minimum Gasteiger partial charge on any atom is -0.465 e. The zero-order valence-electron chi connectivity index (χ0n) is 20.7. The normalized spacial score (nSPS) is 14.8. The SMILES string of the molecule is CCOC(=O)CNNC(=O)[C@H](C)NC(=O)[C@H](C)NC(=O)N1CCN(C(=O)OCc2ccccc2)CC1. The minimum absolute atomic E-state index is 0.172. The molecule has 1 aliphatic rings. The third-order valence-corrected chi connectivity index (χ3v) is 5.27. The van der Waals surface area contributed by atoms with Crippen LogP contribution >= 0.6 is 0 Å². The quantitative estimate of drug-likeness (QED) is 0.249. The van der Waals surface area contributed by atoms with Gasteiger partial charge in [-0.3, -0.25) is 19.8 Å². The van der Waals surface area contributed by atoms with E-state index in [0.717, 1.165) is 5.56 Å². The van der Waals surface area contributed by atoms with Crippen molar-refractivity contribution in [3.8, 4) is 0 Å². The second-order valence-electron chi connectivity index (χ2n) is 8.06. The van der Waals surface area contributed by atoms with Gasteiger partial charge in [0.25, 0.3) is 5.91 Å². The molecule has 1 aromatic carbocycles. The fourth-order valence-electron chi connectivity index (χ4n) is 3.17. The van der Waals surface area contributed by atoms with Crippen LogP contribution in [-0.4, -0.2) is 91.1 Å².